The Balaban J connectivity index is 2.09. The van der Waals surface area contributed by atoms with Crippen LogP contribution in [0, 0.1) is 0 Å². The van der Waals surface area contributed by atoms with Crippen LogP contribution in [0.4, 0.5) is 0 Å². The lowest BCUT2D eigenvalue weighted by Gasteiger charge is -2.25. The minimum atomic E-state index is -0.215. The van der Waals surface area contributed by atoms with Crippen LogP contribution in [-0.4, -0.2) is 43.5 Å². The first kappa shape index (κ1) is 8.49. The molecule has 0 aliphatic carbocycles. The first-order valence-electron chi connectivity index (χ1n) is 3.93. The minimum absolute atomic E-state index is 0.215. The summed E-state index contributed by atoms with van der Waals surface area (Å²) in [7, 11) is 0. The van der Waals surface area contributed by atoms with Crippen molar-refractivity contribution in [2.75, 3.05) is 32.7 Å². The van der Waals surface area contributed by atoms with Crippen molar-refractivity contribution in [3.63, 3.8) is 0 Å². The van der Waals surface area contributed by atoms with E-state index in [0.29, 0.717) is 6.42 Å². The molecule has 11 heavy (non-hydrogen) atoms. The zero-order valence-corrected chi connectivity index (χ0v) is 6.62. The molecule has 2 N–H and O–H groups in total. The summed E-state index contributed by atoms with van der Waals surface area (Å²) in [6, 6.07) is 0. The highest BCUT2D eigenvalue weighted by molar-refractivity contribution is 5.73. The molecule has 0 aromatic rings. The van der Waals surface area contributed by atoms with Crippen LogP contribution in [0.5, 0.6) is 0 Å². The molecule has 63 valence electrons. The van der Waals surface area contributed by atoms with Gasteiger partial charge in [-0.3, -0.25) is 4.79 Å². The molecule has 1 rings (SSSR count). The van der Waals surface area contributed by atoms with Crippen LogP contribution in [0.1, 0.15) is 6.42 Å². The van der Waals surface area contributed by atoms with Gasteiger partial charge in [-0.2, -0.15) is 0 Å². The third-order valence-corrected chi connectivity index (χ3v) is 1.82. The maximum absolute atomic E-state index is 10.4. The molecular formula is C7H14N3O. The van der Waals surface area contributed by atoms with E-state index < -0.39 is 0 Å². The van der Waals surface area contributed by atoms with E-state index in [4.69, 9.17) is 5.73 Å². The van der Waals surface area contributed by atoms with E-state index in [1.54, 1.807) is 0 Å². The molecule has 0 aromatic heterocycles. The summed E-state index contributed by atoms with van der Waals surface area (Å²) in [6.07, 6.45) is 0.472. The van der Waals surface area contributed by atoms with Crippen LogP contribution in [0.15, 0.2) is 0 Å². The molecule has 0 atom stereocenters. The lowest BCUT2D eigenvalue weighted by atomic mass is 10.3. The third kappa shape index (κ3) is 3.34. The summed E-state index contributed by atoms with van der Waals surface area (Å²) in [4.78, 5) is 12.6. The molecule has 1 fully saturated rings. The third-order valence-electron chi connectivity index (χ3n) is 1.82. The average molecular weight is 156 g/mol. The average Bonchev–Trinajstić information content (AvgIpc) is 2.03. The fraction of sp³-hybridized carbons (Fsp3) is 0.857. The van der Waals surface area contributed by atoms with E-state index in [-0.39, 0.29) is 5.91 Å². The van der Waals surface area contributed by atoms with Crippen molar-refractivity contribution in [2.24, 2.45) is 5.73 Å². The van der Waals surface area contributed by atoms with Gasteiger partial charge in [-0.05, 0) is 0 Å². The van der Waals surface area contributed by atoms with Gasteiger partial charge in [0, 0.05) is 39.1 Å². The second-order valence-corrected chi connectivity index (χ2v) is 2.73. The second kappa shape index (κ2) is 4.31. The number of hydrogen-bond donors (Lipinski definition) is 1. The van der Waals surface area contributed by atoms with Crippen LogP contribution in [-0.2, 0) is 4.79 Å². The topological polar surface area (TPSA) is 60.4 Å². The van der Waals surface area contributed by atoms with E-state index in [1.807, 2.05) is 0 Å². The number of primary amides is 1. The van der Waals surface area contributed by atoms with Gasteiger partial charge < -0.3 is 10.6 Å². The summed E-state index contributed by atoms with van der Waals surface area (Å²) in [5, 5.41) is 4.20. The van der Waals surface area contributed by atoms with Gasteiger partial charge in [-0.25, -0.2) is 5.32 Å². The number of carbonyl (C=O) groups excluding carboxylic acids is 1. The van der Waals surface area contributed by atoms with Crippen molar-refractivity contribution in [1.82, 2.24) is 10.2 Å². The molecule has 0 unspecified atom stereocenters. The predicted octanol–water partition coefficient (Wildman–Crippen LogP) is -1.22. The molecule has 0 aromatic carbocycles. The van der Waals surface area contributed by atoms with E-state index in [9.17, 15) is 4.79 Å². The number of nitrogens with two attached hydrogens (primary N) is 1. The Bertz CT molecular complexity index is 132. The normalized spacial score (nSPS) is 20.0. The van der Waals surface area contributed by atoms with Gasteiger partial charge in [-0.15, -0.1) is 0 Å². The van der Waals surface area contributed by atoms with Gasteiger partial charge in [0.2, 0.25) is 5.91 Å². The molecule has 0 bridgehead atoms. The fourth-order valence-corrected chi connectivity index (χ4v) is 1.14. The predicted molar refractivity (Wildman–Crippen MR) is 42.1 cm³/mol. The van der Waals surface area contributed by atoms with Gasteiger partial charge in [0.1, 0.15) is 0 Å². The molecule has 1 heterocycles. The number of amides is 1. The number of carbonyl (C=O) groups is 1. The summed E-state index contributed by atoms with van der Waals surface area (Å²) in [6.45, 7) is 4.56. The quantitative estimate of drug-likeness (QED) is 0.557. The zero-order chi connectivity index (χ0) is 8.10. The molecule has 4 heteroatoms. The summed E-state index contributed by atoms with van der Waals surface area (Å²) >= 11 is 0. The SMILES string of the molecule is NC(=O)CCN1CC[N]CC1. The van der Waals surface area contributed by atoms with Gasteiger partial charge in [-0.1, -0.05) is 0 Å². The maximum Gasteiger partial charge on any atom is 0.218 e. The van der Waals surface area contributed by atoms with Gasteiger partial charge in [0.05, 0.1) is 0 Å². The van der Waals surface area contributed by atoms with Crippen molar-refractivity contribution in [2.45, 2.75) is 6.42 Å². The van der Waals surface area contributed by atoms with Gasteiger partial charge in [0.15, 0.2) is 0 Å². The maximum atomic E-state index is 10.4. The Morgan fingerprint density at radius 2 is 2.09 bits per heavy atom. The van der Waals surface area contributed by atoms with E-state index >= 15 is 0 Å². The van der Waals surface area contributed by atoms with Crippen molar-refractivity contribution in [1.29, 1.82) is 0 Å². The van der Waals surface area contributed by atoms with Crippen molar-refractivity contribution >= 4 is 5.91 Å². The Kier molecular flexibility index (Phi) is 3.32. The molecule has 1 aliphatic rings. The molecule has 1 saturated heterocycles. The first-order valence-corrected chi connectivity index (χ1v) is 3.93. The molecule has 0 spiro atoms. The minimum Gasteiger partial charge on any atom is -0.370 e. The van der Waals surface area contributed by atoms with Crippen LogP contribution in [0.3, 0.4) is 0 Å². The Labute approximate surface area is 66.7 Å². The smallest absolute Gasteiger partial charge is 0.218 e. The lowest BCUT2D eigenvalue weighted by molar-refractivity contribution is -0.118. The van der Waals surface area contributed by atoms with Crippen LogP contribution < -0.4 is 11.1 Å². The summed E-state index contributed by atoms with van der Waals surface area (Å²) in [5.74, 6) is -0.215. The Morgan fingerprint density at radius 3 is 2.64 bits per heavy atom. The second-order valence-electron chi connectivity index (χ2n) is 2.73. The summed E-state index contributed by atoms with van der Waals surface area (Å²) < 4.78 is 0. The molecule has 1 aliphatic heterocycles. The summed E-state index contributed by atoms with van der Waals surface area (Å²) in [5.41, 5.74) is 5.02. The number of rotatable bonds is 3. The van der Waals surface area contributed by atoms with E-state index in [1.165, 1.54) is 0 Å². The number of piperazine rings is 1. The Morgan fingerprint density at radius 1 is 1.45 bits per heavy atom. The fourth-order valence-electron chi connectivity index (χ4n) is 1.14. The van der Waals surface area contributed by atoms with E-state index in [0.717, 1.165) is 32.7 Å². The Hall–Kier alpha value is -0.610. The van der Waals surface area contributed by atoms with Gasteiger partial charge in [0.25, 0.3) is 0 Å². The number of hydrogen-bond acceptors (Lipinski definition) is 2. The largest absolute Gasteiger partial charge is 0.370 e. The standard InChI is InChI=1S/C7H14N3O/c8-7(11)1-4-10-5-2-9-3-6-10/h1-6H2,(H2,8,11). The first-order chi connectivity index (χ1) is 5.29. The highest BCUT2D eigenvalue weighted by atomic mass is 16.1. The lowest BCUT2D eigenvalue weighted by Crippen LogP contribution is -2.41. The van der Waals surface area contributed by atoms with E-state index in [2.05, 4.69) is 10.2 Å². The molecular weight excluding hydrogens is 142 g/mol. The van der Waals surface area contributed by atoms with Crippen LogP contribution >= 0.6 is 0 Å². The van der Waals surface area contributed by atoms with Gasteiger partial charge >= 0.3 is 0 Å². The highest BCUT2D eigenvalue weighted by Crippen LogP contribution is 1.94. The molecule has 1 amide bonds. The molecule has 1 radical (unpaired) electrons. The highest BCUT2D eigenvalue weighted by Gasteiger charge is 2.09. The van der Waals surface area contributed by atoms with Crippen molar-refractivity contribution in [3.8, 4) is 0 Å². The monoisotopic (exact) mass is 156 g/mol. The number of nitrogens with zero attached hydrogens (tertiary/aromatic N) is 2. The van der Waals surface area contributed by atoms with Crippen molar-refractivity contribution in [3.05, 3.63) is 0 Å². The van der Waals surface area contributed by atoms with Crippen LogP contribution in [0.25, 0.3) is 0 Å². The molecule has 4 nitrogen and oxygen atoms in total. The van der Waals surface area contributed by atoms with Crippen LogP contribution in [0.2, 0.25) is 0 Å². The van der Waals surface area contributed by atoms with Crippen molar-refractivity contribution < 1.29 is 4.79 Å². The zero-order valence-electron chi connectivity index (χ0n) is 6.62. The molecule has 0 saturated carbocycles.